The minimum absolute atomic E-state index is 0.0400. The lowest BCUT2D eigenvalue weighted by atomic mass is 9.88. The van der Waals surface area contributed by atoms with Crippen LogP contribution in [0, 0.1) is 17.8 Å². The van der Waals surface area contributed by atoms with E-state index in [1.165, 1.54) is 0 Å². The minimum Gasteiger partial charge on any atom is -0.392 e. The first kappa shape index (κ1) is 11.9. The summed E-state index contributed by atoms with van der Waals surface area (Å²) in [5.74, 6) is -1.06. The van der Waals surface area contributed by atoms with Gasteiger partial charge in [0.25, 0.3) is 0 Å². The molecule has 0 aromatic heterocycles. The van der Waals surface area contributed by atoms with E-state index >= 15 is 0 Å². The maximum Gasteiger partial charge on any atom is 0.0880 e. The molecule has 1 saturated carbocycles. The fraction of sp³-hybridized carbons (Fsp3) is 1.00. The summed E-state index contributed by atoms with van der Waals surface area (Å²) in [6.45, 7) is 5.31. The number of hydrogen-bond acceptors (Lipinski definition) is 4. The first-order valence-corrected chi connectivity index (χ1v) is 5.10. The van der Waals surface area contributed by atoms with Gasteiger partial charge in [0.2, 0.25) is 0 Å². The largest absolute Gasteiger partial charge is 0.392 e. The minimum atomic E-state index is -1.03. The van der Waals surface area contributed by atoms with Crippen molar-refractivity contribution in [2.75, 3.05) is 0 Å². The van der Waals surface area contributed by atoms with Crippen molar-refractivity contribution < 1.29 is 20.4 Å². The van der Waals surface area contributed by atoms with Gasteiger partial charge in [0.15, 0.2) is 0 Å². The molecule has 84 valence electrons. The Bertz CT molecular complexity index is 175. The van der Waals surface area contributed by atoms with Crippen LogP contribution >= 0.6 is 0 Å². The summed E-state index contributed by atoms with van der Waals surface area (Å²) in [6, 6.07) is 0. The normalized spacial score (nSPS) is 45.9. The number of aliphatic hydroxyl groups excluding tert-OH is 4. The van der Waals surface area contributed by atoms with Crippen LogP contribution < -0.4 is 0 Å². The SMILES string of the molecule is CC(C)[C@H](O)C1C(O)C(C)[C@@H](O)C1O. The predicted molar refractivity (Wildman–Crippen MR) is 51.5 cm³/mol. The number of rotatable bonds is 2. The van der Waals surface area contributed by atoms with Crippen LogP contribution in [0.5, 0.6) is 0 Å². The first-order chi connectivity index (χ1) is 6.37. The van der Waals surface area contributed by atoms with Gasteiger partial charge in [0.05, 0.1) is 24.4 Å². The molecule has 4 nitrogen and oxygen atoms in total. The Morgan fingerprint density at radius 2 is 1.43 bits per heavy atom. The van der Waals surface area contributed by atoms with Crippen LogP contribution in [-0.2, 0) is 0 Å². The third-order valence-corrected chi connectivity index (χ3v) is 3.29. The van der Waals surface area contributed by atoms with Gasteiger partial charge in [-0.1, -0.05) is 20.8 Å². The van der Waals surface area contributed by atoms with Crippen LogP contribution in [0.2, 0.25) is 0 Å². The highest BCUT2D eigenvalue weighted by molar-refractivity contribution is 4.99. The summed E-state index contributed by atoms with van der Waals surface area (Å²) >= 11 is 0. The summed E-state index contributed by atoms with van der Waals surface area (Å²) in [6.07, 6.45) is -3.59. The molecule has 0 saturated heterocycles. The van der Waals surface area contributed by atoms with Gasteiger partial charge in [-0.3, -0.25) is 0 Å². The van der Waals surface area contributed by atoms with Gasteiger partial charge in [0, 0.05) is 11.8 Å². The van der Waals surface area contributed by atoms with E-state index in [2.05, 4.69) is 0 Å². The van der Waals surface area contributed by atoms with Crippen LogP contribution in [0.15, 0.2) is 0 Å². The quantitative estimate of drug-likeness (QED) is 0.482. The average Bonchev–Trinajstić information content (AvgIpc) is 2.30. The molecule has 1 fully saturated rings. The lowest BCUT2D eigenvalue weighted by Gasteiger charge is -2.27. The smallest absolute Gasteiger partial charge is 0.0880 e. The maximum absolute atomic E-state index is 9.77. The van der Waals surface area contributed by atoms with Gasteiger partial charge in [-0.15, -0.1) is 0 Å². The third-order valence-electron chi connectivity index (χ3n) is 3.29. The molecule has 0 spiro atoms. The fourth-order valence-electron chi connectivity index (χ4n) is 2.14. The van der Waals surface area contributed by atoms with Crippen LogP contribution in [0.3, 0.4) is 0 Å². The molecule has 0 bridgehead atoms. The molecule has 4 unspecified atom stereocenters. The van der Waals surface area contributed by atoms with Gasteiger partial charge in [-0.2, -0.15) is 0 Å². The van der Waals surface area contributed by atoms with E-state index in [9.17, 15) is 20.4 Å². The summed E-state index contributed by atoms with van der Waals surface area (Å²) in [5, 5.41) is 38.7. The zero-order chi connectivity index (χ0) is 11.0. The van der Waals surface area contributed by atoms with Crippen LogP contribution in [0.1, 0.15) is 20.8 Å². The molecule has 0 heterocycles. The number of aliphatic hydroxyl groups is 4. The Balaban J connectivity index is 2.79. The summed E-state index contributed by atoms with van der Waals surface area (Å²) in [5.41, 5.74) is 0. The van der Waals surface area contributed by atoms with E-state index in [-0.39, 0.29) is 11.8 Å². The second-order valence-electron chi connectivity index (χ2n) is 4.64. The summed E-state index contributed by atoms with van der Waals surface area (Å²) in [4.78, 5) is 0. The Morgan fingerprint density at radius 1 is 0.929 bits per heavy atom. The molecule has 0 aromatic rings. The molecule has 4 heteroatoms. The zero-order valence-corrected chi connectivity index (χ0v) is 8.83. The van der Waals surface area contributed by atoms with Crippen molar-refractivity contribution in [1.82, 2.24) is 0 Å². The Morgan fingerprint density at radius 3 is 1.71 bits per heavy atom. The van der Waals surface area contributed by atoms with Gasteiger partial charge in [-0.25, -0.2) is 0 Å². The molecule has 1 aliphatic carbocycles. The van der Waals surface area contributed by atoms with E-state index in [0.29, 0.717) is 0 Å². The summed E-state index contributed by atoms with van der Waals surface area (Å²) in [7, 11) is 0. The molecular weight excluding hydrogens is 184 g/mol. The predicted octanol–water partition coefficient (Wildman–Crippen LogP) is -0.648. The van der Waals surface area contributed by atoms with Crippen LogP contribution in [0.4, 0.5) is 0 Å². The molecule has 0 radical (unpaired) electrons. The van der Waals surface area contributed by atoms with E-state index in [0.717, 1.165) is 0 Å². The monoisotopic (exact) mass is 204 g/mol. The van der Waals surface area contributed by atoms with E-state index in [1.54, 1.807) is 6.92 Å². The van der Waals surface area contributed by atoms with Crippen molar-refractivity contribution in [3.63, 3.8) is 0 Å². The second kappa shape index (κ2) is 4.14. The summed E-state index contributed by atoms with van der Waals surface area (Å²) < 4.78 is 0. The van der Waals surface area contributed by atoms with Crippen molar-refractivity contribution in [3.8, 4) is 0 Å². The molecule has 1 aliphatic rings. The second-order valence-corrected chi connectivity index (χ2v) is 4.64. The van der Waals surface area contributed by atoms with Gasteiger partial charge in [0.1, 0.15) is 0 Å². The highest BCUT2D eigenvalue weighted by Gasteiger charge is 2.49. The average molecular weight is 204 g/mol. The van der Waals surface area contributed by atoms with Crippen LogP contribution in [-0.4, -0.2) is 44.8 Å². The van der Waals surface area contributed by atoms with Gasteiger partial charge >= 0.3 is 0 Å². The zero-order valence-electron chi connectivity index (χ0n) is 8.83. The lowest BCUT2D eigenvalue weighted by molar-refractivity contribution is -0.0570. The molecule has 14 heavy (non-hydrogen) atoms. The fourth-order valence-corrected chi connectivity index (χ4v) is 2.14. The Hall–Kier alpha value is -0.160. The molecule has 4 N–H and O–H groups in total. The van der Waals surface area contributed by atoms with Crippen molar-refractivity contribution in [2.45, 2.75) is 45.2 Å². The highest BCUT2D eigenvalue weighted by atomic mass is 16.3. The Kier molecular flexibility index (Phi) is 3.53. The van der Waals surface area contributed by atoms with E-state index in [4.69, 9.17) is 0 Å². The van der Waals surface area contributed by atoms with Crippen molar-refractivity contribution in [3.05, 3.63) is 0 Å². The molecule has 6 atom stereocenters. The molecule has 0 aromatic carbocycles. The van der Waals surface area contributed by atoms with Crippen molar-refractivity contribution in [1.29, 1.82) is 0 Å². The standard InChI is InChI=1S/C10H20O4/c1-4(2)7(11)6-8(12)5(3)9(13)10(6)14/h4-14H,1-3H3/t5?,6?,7-,8?,9+,10?/m0/s1. The Labute approximate surface area is 84.2 Å². The van der Waals surface area contributed by atoms with E-state index < -0.39 is 30.3 Å². The van der Waals surface area contributed by atoms with E-state index in [1.807, 2.05) is 13.8 Å². The maximum atomic E-state index is 9.77. The first-order valence-electron chi connectivity index (χ1n) is 5.10. The highest BCUT2D eigenvalue weighted by Crippen LogP contribution is 2.35. The topological polar surface area (TPSA) is 80.9 Å². The molecule has 0 aliphatic heterocycles. The third kappa shape index (κ3) is 1.80. The van der Waals surface area contributed by atoms with Crippen LogP contribution in [0.25, 0.3) is 0 Å². The molecular formula is C10H20O4. The van der Waals surface area contributed by atoms with Gasteiger partial charge in [-0.05, 0) is 5.92 Å². The number of hydrogen-bond donors (Lipinski definition) is 4. The van der Waals surface area contributed by atoms with Crippen molar-refractivity contribution in [2.24, 2.45) is 17.8 Å². The van der Waals surface area contributed by atoms with Crippen molar-refractivity contribution >= 4 is 0 Å². The molecule has 0 amide bonds. The lowest BCUT2D eigenvalue weighted by Crippen LogP contribution is -2.39. The molecule has 1 rings (SSSR count). The van der Waals surface area contributed by atoms with Gasteiger partial charge < -0.3 is 20.4 Å².